The molecule has 0 bridgehead atoms. The SMILES string of the molecule is COC(=O)c1ccc2c(C(=Nc3ccc(-c4nc[nH]c4C)cc3)c3ccccc3)c(O)[nH]c2c1. The van der Waals surface area contributed by atoms with Crippen molar-refractivity contribution in [1.82, 2.24) is 15.0 Å². The molecule has 5 aromatic rings. The molecule has 7 heteroatoms. The summed E-state index contributed by atoms with van der Waals surface area (Å²) < 4.78 is 4.82. The number of H-pyrrole nitrogens is 2. The minimum absolute atomic E-state index is 0.0246. The quantitative estimate of drug-likeness (QED) is 0.242. The van der Waals surface area contributed by atoms with E-state index >= 15 is 0 Å². The maximum atomic E-state index is 12.0. The van der Waals surface area contributed by atoms with Crippen LogP contribution in [-0.4, -0.2) is 38.8 Å². The Morgan fingerprint density at radius 1 is 1.00 bits per heavy atom. The Labute approximate surface area is 195 Å². The average molecular weight is 450 g/mol. The molecule has 0 fully saturated rings. The number of nitrogens with zero attached hydrogens (tertiary/aromatic N) is 2. The summed E-state index contributed by atoms with van der Waals surface area (Å²) in [7, 11) is 1.34. The second kappa shape index (κ2) is 8.71. The Morgan fingerprint density at radius 3 is 2.44 bits per heavy atom. The Hall–Kier alpha value is -4.65. The number of rotatable bonds is 5. The van der Waals surface area contributed by atoms with Crippen LogP contribution in [0, 0.1) is 6.92 Å². The van der Waals surface area contributed by atoms with Crippen molar-refractivity contribution in [3.05, 3.63) is 102 Å². The standard InChI is InChI=1S/C27H22N4O3/c1-16-24(29-15-28-16)18-8-11-20(12-9-18)30-25(17-6-4-3-5-7-17)23-21-13-10-19(27(33)34-2)14-22(21)31-26(23)32/h3-15,31-32H,1-2H3,(H,28,29). The van der Waals surface area contributed by atoms with Crippen molar-refractivity contribution in [3.63, 3.8) is 0 Å². The van der Waals surface area contributed by atoms with Crippen molar-refractivity contribution in [2.45, 2.75) is 6.92 Å². The first-order valence-corrected chi connectivity index (χ1v) is 10.7. The molecule has 3 aromatic carbocycles. The number of imidazole rings is 1. The fourth-order valence-corrected chi connectivity index (χ4v) is 4.00. The molecule has 0 spiro atoms. The second-order valence-electron chi connectivity index (χ2n) is 7.85. The van der Waals surface area contributed by atoms with Crippen LogP contribution in [0.4, 0.5) is 5.69 Å². The summed E-state index contributed by atoms with van der Waals surface area (Å²) in [6.45, 7) is 1.98. The predicted octanol–water partition coefficient (Wildman–Crippen LogP) is 5.53. The van der Waals surface area contributed by atoms with Crippen LogP contribution in [0.3, 0.4) is 0 Å². The number of ether oxygens (including phenoxy) is 1. The average Bonchev–Trinajstić information content (AvgIpc) is 3.44. The molecule has 0 amide bonds. The molecule has 0 unspecified atom stereocenters. The number of aromatic hydroxyl groups is 1. The van der Waals surface area contributed by atoms with E-state index in [1.807, 2.05) is 61.5 Å². The van der Waals surface area contributed by atoms with Crippen LogP contribution in [0.5, 0.6) is 5.88 Å². The number of nitrogens with one attached hydrogen (secondary N) is 2. The van der Waals surface area contributed by atoms with Gasteiger partial charge in [-0.3, -0.25) is 0 Å². The summed E-state index contributed by atoms with van der Waals surface area (Å²) in [5, 5.41) is 11.6. The zero-order valence-electron chi connectivity index (χ0n) is 18.7. The molecule has 2 aromatic heterocycles. The van der Waals surface area contributed by atoms with E-state index in [9.17, 15) is 9.90 Å². The molecule has 34 heavy (non-hydrogen) atoms. The van der Waals surface area contributed by atoms with Crippen molar-refractivity contribution in [2.24, 2.45) is 4.99 Å². The second-order valence-corrected chi connectivity index (χ2v) is 7.85. The van der Waals surface area contributed by atoms with E-state index in [0.717, 1.165) is 33.6 Å². The summed E-state index contributed by atoms with van der Waals surface area (Å²) in [5.41, 5.74) is 6.64. The smallest absolute Gasteiger partial charge is 0.337 e. The number of carbonyl (C=O) groups excluding carboxylic acids is 1. The number of aryl methyl sites for hydroxylation is 1. The van der Waals surface area contributed by atoms with E-state index in [0.29, 0.717) is 22.4 Å². The van der Waals surface area contributed by atoms with Crippen molar-refractivity contribution in [3.8, 4) is 17.1 Å². The minimum atomic E-state index is -0.443. The molecule has 0 saturated heterocycles. The summed E-state index contributed by atoms with van der Waals surface area (Å²) in [6.07, 6.45) is 1.68. The lowest BCUT2D eigenvalue weighted by molar-refractivity contribution is 0.0601. The number of aliphatic imine (C=N–C) groups is 1. The third-order valence-electron chi connectivity index (χ3n) is 5.70. The van der Waals surface area contributed by atoms with Gasteiger partial charge in [0, 0.05) is 27.7 Å². The fraction of sp³-hybridized carbons (Fsp3) is 0.0741. The van der Waals surface area contributed by atoms with Gasteiger partial charge in [0.15, 0.2) is 5.88 Å². The largest absolute Gasteiger partial charge is 0.494 e. The number of aromatic nitrogens is 3. The van der Waals surface area contributed by atoms with Gasteiger partial charge in [0.25, 0.3) is 0 Å². The predicted molar refractivity (Wildman–Crippen MR) is 132 cm³/mol. The lowest BCUT2D eigenvalue weighted by Gasteiger charge is -2.08. The molecule has 5 rings (SSSR count). The van der Waals surface area contributed by atoms with Gasteiger partial charge in [-0.2, -0.15) is 0 Å². The Morgan fingerprint density at radius 2 is 1.76 bits per heavy atom. The van der Waals surface area contributed by atoms with Crippen LogP contribution in [-0.2, 0) is 4.74 Å². The van der Waals surface area contributed by atoms with Crippen LogP contribution in [0.1, 0.15) is 27.2 Å². The number of benzene rings is 3. The number of carbonyl (C=O) groups is 1. The zero-order valence-corrected chi connectivity index (χ0v) is 18.7. The van der Waals surface area contributed by atoms with Crippen LogP contribution >= 0.6 is 0 Å². The van der Waals surface area contributed by atoms with Gasteiger partial charge < -0.3 is 19.8 Å². The molecule has 0 radical (unpaired) electrons. The van der Waals surface area contributed by atoms with E-state index in [-0.39, 0.29) is 5.88 Å². The molecular weight excluding hydrogens is 428 g/mol. The first kappa shape index (κ1) is 21.2. The molecule has 7 nitrogen and oxygen atoms in total. The van der Waals surface area contributed by atoms with Gasteiger partial charge in [0.1, 0.15) is 0 Å². The van der Waals surface area contributed by atoms with Crippen LogP contribution in [0.25, 0.3) is 22.2 Å². The number of fused-ring (bicyclic) bond motifs is 1. The highest BCUT2D eigenvalue weighted by atomic mass is 16.5. The summed E-state index contributed by atoms with van der Waals surface area (Å²) in [4.78, 5) is 27.3. The molecular formula is C27H22N4O3. The van der Waals surface area contributed by atoms with Crippen molar-refractivity contribution in [2.75, 3.05) is 7.11 Å². The van der Waals surface area contributed by atoms with E-state index in [2.05, 4.69) is 15.0 Å². The summed E-state index contributed by atoms with van der Waals surface area (Å²) >= 11 is 0. The highest BCUT2D eigenvalue weighted by Gasteiger charge is 2.20. The number of aromatic amines is 2. The maximum absolute atomic E-state index is 12.0. The molecule has 0 aliphatic carbocycles. The Bertz CT molecular complexity index is 1510. The summed E-state index contributed by atoms with van der Waals surface area (Å²) in [5.74, 6) is -0.467. The van der Waals surface area contributed by atoms with Crippen LogP contribution in [0.15, 0.2) is 84.1 Å². The highest BCUT2D eigenvalue weighted by molar-refractivity contribution is 6.22. The number of hydrogen-bond donors (Lipinski definition) is 3. The highest BCUT2D eigenvalue weighted by Crippen LogP contribution is 2.32. The first-order valence-electron chi connectivity index (χ1n) is 10.7. The molecule has 0 saturated carbocycles. The normalized spacial score (nSPS) is 11.6. The van der Waals surface area contributed by atoms with Gasteiger partial charge >= 0.3 is 5.97 Å². The lowest BCUT2D eigenvalue weighted by atomic mass is 10.00. The Kier molecular flexibility index (Phi) is 5.43. The molecule has 2 heterocycles. The number of methoxy groups -OCH3 is 1. The van der Waals surface area contributed by atoms with E-state index in [1.54, 1.807) is 24.5 Å². The molecule has 0 atom stereocenters. The van der Waals surface area contributed by atoms with Crippen molar-refractivity contribution >= 4 is 28.3 Å². The molecule has 168 valence electrons. The van der Waals surface area contributed by atoms with E-state index < -0.39 is 5.97 Å². The minimum Gasteiger partial charge on any atom is -0.494 e. The third-order valence-corrected chi connectivity index (χ3v) is 5.70. The van der Waals surface area contributed by atoms with Gasteiger partial charge in [-0.05, 0) is 31.2 Å². The van der Waals surface area contributed by atoms with Gasteiger partial charge in [-0.1, -0.05) is 48.5 Å². The molecule has 0 aliphatic rings. The van der Waals surface area contributed by atoms with Crippen LogP contribution < -0.4 is 0 Å². The van der Waals surface area contributed by atoms with E-state index in [4.69, 9.17) is 9.73 Å². The van der Waals surface area contributed by atoms with Crippen molar-refractivity contribution in [1.29, 1.82) is 0 Å². The zero-order chi connectivity index (χ0) is 23.7. The first-order chi connectivity index (χ1) is 16.5. The topological polar surface area (TPSA) is 103 Å². The number of hydrogen-bond acceptors (Lipinski definition) is 5. The summed E-state index contributed by atoms with van der Waals surface area (Å²) in [6, 6.07) is 22.6. The van der Waals surface area contributed by atoms with Gasteiger partial charge in [-0.25, -0.2) is 14.8 Å². The van der Waals surface area contributed by atoms with Crippen molar-refractivity contribution < 1.29 is 14.6 Å². The van der Waals surface area contributed by atoms with Gasteiger partial charge in [-0.15, -0.1) is 0 Å². The lowest BCUT2D eigenvalue weighted by Crippen LogP contribution is -2.03. The third kappa shape index (κ3) is 3.84. The number of esters is 1. The fourth-order valence-electron chi connectivity index (χ4n) is 4.00. The van der Waals surface area contributed by atoms with Gasteiger partial charge in [0.2, 0.25) is 0 Å². The van der Waals surface area contributed by atoms with Crippen LogP contribution in [0.2, 0.25) is 0 Å². The monoisotopic (exact) mass is 450 g/mol. The Balaban J connectivity index is 1.64. The van der Waals surface area contributed by atoms with E-state index in [1.165, 1.54) is 7.11 Å². The maximum Gasteiger partial charge on any atom is 0.337 e. The molecule has 3 N–H and O–H groups in total. The van der Waals surface area contributed by atoms with Gasteiger partial charge in [0.05, 0.1) is 41.7 Å². The molecule has 0 aliphatic heterocycles.